The van der Waals surface area contributed by atoms with E-state index in [0.717, 1.165) is 4.90 Å². The van der Waals surface area contributed by atoms with Gasteiger partial charge in [0, 0.05) is 31.7 Å². The third-order valence-corrected chi connectivity index (χ3v) is 4.95. The van der Waals surface area contributed by atoms with Crippen LogP contribution in [0.5, 0.6) is 0 Å². The normalized spacial score (nSPS) is 13.0. The molecule has 14 heteroatoms. The topological polar surface area (TPSA) is 168 Å². The predicted octanol–water partition coefficient (Wildman–Crippen LogP) is -0.601. The van der Waals surface area contributed by atoms with Crippen molar-refractivity contribution in [3.8, 4) is 0 Å². The van der Waals surface area contributed by atoms with E-state index >= 15 is 0 Å². The van der Waals surface area contributed by atoms with Crippen molar-refractivity contribution in [2.45, 2.75) is 19.3 Å². The molecule has 0 spiro atoms. The summed E-state index contributed by atoms with van der Waals surface area (Å²) in [4.78, 5) is 45.6. The lowest BCUT2D eigenvalue weighted by atomic mass is 10.3. The molecule has 0 fully saturated rings. The van der Waals surface area contributed by atoms with Crippen LogP contribution in [0.3, 0.4) is 0 Å². The number of imide groups is 1. The van der Waals surface area contributed by atoms with Crippen molar-refractivity contribution >= 4 is 23.7 Å². The molecule has 2 N–H and O–H groups in total. The average molecular weight is 563 g/mol. The number of nitrogens with zero attached hydrogens (tertiary/aromatic N) is 1. The Balaban J connectivity index is 1.67. The van der Waals surface area contributed by atoms with Gasteiger partial charge in [0.1, 0.15) is 0 Å². The third-order valence-electron chi connectivity index (χ3n) is 4.95. The standard InChI is InChI=1S/C25H42N2O12/c28-22(2-5-25(31)32)26-6-1-8-33-10-12-35-14-16-37-18-20-39-21-19-38-17-15-36-13-11-34-9-7-27-23(29)3-4-24(27)30/h3-4H,1-2,5-21H2,(H,26,28)(H,31,32). The number of hydrogen-bond acceptors (Lipinski definition) is 11. The molecular weight excluding hydrogens is 520 g/mol. The van der Waals surface area contributed by atoms with Crippen LogP contribution >= 0.6 is 0 Å². The molecule has 0 saturated heterocycles. The van der Waals surface area contributed by atoms with Crippen LogP contribution in [-0.4, -0.2) is 139 Å². The van der Waals surface area contributed by atoms with Crippen molar-refractivity contribution in [3.05, 3.63) is 12.2 Å². The van der Waals surface area contributed by atoms with E-state index in [1.54, 1.807) is 0 Å². The second-order valence-corrected chi connectivity index (χ2v) is 8.05. The SMILES string of the molecule is O=C(O)CCC(=O)NCCCOCCOCCOCCOCCOCCOCCOCCN1C(=O)C=CC1=O. The molecule has 0 aromatic heterocycles. The number of carbonyl (C=O) groups excluding carboxylic acids is 3. The molecule has 0 bridgehead atoms. The molecule has 0 atom stereocenters. The van der Waals surface area contributed by atoms with Crippen molar-refractivity contribution in [2.75, 3.05) is 106 Å². The van der Waals surface area contributed by atoms with E-state index in [-0.39, 0.29) is 43.7 Å². The number of aliphatic carboxylic acids is 1. The van der Waals surface area contributed by atoms with E-state index < -0.39 is 5.97 Å². The Morgan fingerprint density at radius 2 is 1.00 bits per heavy atom. The van der Waals surface area contributed by atoms with Gasteiger partial charge in [-0.2, -0.15) is 0 Å². The minimum atomic E-state index is -0.988. The minimum absolute atomic E-state index is 0.0151. The molecule has 39 heavy (non-hydrogen) atoms. The van der Waals surface area contributed by atoms with Crippen molar-refractivity contribution < 1.29 is 57.4 Å². The van der Waals surface area contributed by atoms with Gasteiger partial charge in [-0.3, -0.25) is 24.1 Å². The lowest BCUT2D eigenvalue weighted by Crippen LogP contribution is -2.33. The first-order valence-electron chi connectivity index (χ1n) is 13.1. The Bertz CT molecular complexity index is 701. The number of hydrogen-bond donors (Lipinski definition) is 2. The average Bonchev–Trinajstić information content (AvgIpc) is 3.24. The highest BCUT2D eigenvalue weighted by Crippen LogP contribution is 2.02. The van der Waals surface area contributed by atoms with Gasteiger partial charge >= 0.3 is 5.97 Å². The van der Waals surface area contributed by atoms with Crippen LogP contribution in [-0.2, 0) is 52.3 Å². The summed E-state index contributed by atoms with van der Waals surface area (Å²) in [6, 6.07) is 0. The van der Waals surface area contributed by atoms with Gasteiger partial charge in [-0.1, -0.05) is 0 Å². The summed E-state index contributed by atoms with van der Waals surface area (Å²) >= 11 is 0. The predicted molar refractivity (Wildman–Crippen MR) is 136 cm³/mol. The van der Waals surface area contributed by atoms with E-state index in [0.29, 0.717) is 98.9 Å². The molecule has 3 amide bonds. The fourth-order valence-corrected chi connectivity index (χ4v) is 2.94. The molecule has 0 saturated carbocycles. The smallest absolute Gasteiger partial charge is 0.303 e. The second kappa shape index (κ2) is 24.6. The van der Waals surface area contributed by atoms with Crippen LogP contribution in [0.2, 0.25) is 0 Å². The van der Waals surface area contributed by atoms with Crippen molar-refractivity contribution in [1.29, 1.82) is 0 Å². The monoisotopic (exact) mass is 562 g/mol. The maximum Gasteiger partial charge on any atom is 0.303 e. The van der Waals surface area contributed by atoms with Gasteiger partial charge in [0.15, 0.2) is 0 Å². The fourth-order valence-electron chi connectivity index (χ4n) is 2.94. The van der Waals surface area contributed by atoms with Crippen LogP contribution in [0.1, 0.15) is 19.3 Å². The van der Waals surface area contributed by atoms with Gasteiger partial charge in [-0.15, -0.1) is 0 Å². The molecule has 0 aromatic carbocycles. The maximum atomic E-state index is 11.4. The van der Waals surface area contributed by atoms with E-state index in [1.165, 1.54) is 12.2 Å². The summed E-state index contributed by atoms with van der Waals surface area (Å²) in [5.74, 6) is -1.89. The van der Waals surface area contributed by atoms with Gasteiger partial charge < -0.3 is 43.6 Å². The van der Waals surface area contributed by atoms with Crippen LogP contribution in [0, 0.1) is 0 Å². The molecule has 1 heterocycles. The molecule has 0 aliphatic carbocycles. The molecule has 14 nitrogen and oxygen atoms in total. The summed E-state index contributed by atoms with van der Waals surface area (Å²) in [5.41, 5.74) is 0. The van der Waals surface area contributed by atoms with Gasteiger partial charge in [0.25, 0.3) is 11.8 Å². The lowest BCUT2D eigenvalue weighted by Gasteiger charge is -2.13. The Hall–Kier alpha value is -2.46. The van der Waals surface area contributed by atoms with E-state index in [9.17, 15) is 19.2 Å². The quantitative estimate of drug-likeness (QED) is 0.0919. The van der Waals surface area contributed by atoms with Crippen LogP contribution in [0.25, 0.3) is 0 Å². The first kappa shape index (κ1) is 34.6. The van der Waals surface area contributed by atoms with Gasteiger partial charge in [0.2, 0.25) is 5.91 Å². The first-order valence-corrected chi connectivity index (χ1v) is 13.1. The number of carboxylic acids is 1. The number of carboxylic acid groups (broad SMARTS) is 1. The van der Waals surface area contributed by atoms with Crippen LogP contribution in [0.15, 0.2) is 12.2 Å². The molecule has 1 rings (SSSR count). The Labute approximate surface area is 228 Å². The van der Waals surface area contributed by atoms with Crippen LogP contribution < -0.4 is 5.32 Å². The van der Waals surface area contributed by atoms with Gasteiger partial charge in [-0.25, -0.2) is 0 Å². The summed E-state index contributed by atoms with van der Waals surface area (Å²) in [6.45, 7) is 6.67. The summed E-state index contributed by atoms with van der Waals surface area (Å²) in [6.07, 6.45) is 2.95. The summed E-state index contributed by atoms with van der Waals surface area (Å²) < 4.78 is 37.7. The maximum absolute atomic E-state index is 11.4. The minimum Gasteiger partial charge on any atom is -0.481 e. The number of carbonyl (C=O) groups is 4. The van der Waals surface area contributed by atoms with E-state index in [2.05, 4.69) is 5.32 Å². The summed E-state index contributed by atoms with van der Waals surface area (Å²) in [7, 11) is 0. The Kier molecular flexibility index (Phi) is 21.8. The number of ether oxygens (including phenoxy) is 7. The van der Waals surface area contributed by atoms with E-state index in [1.807, 2.05) is 0 Å². The molecule has 0 aromatic rings. The van der Waals surface area contributed by atoms with E-state index in [4.69, 9.17) is 38.3 Å². The Morgan fingerprint density at radius 1 is 0.615 bits per heavy atom. The number of rotatable bonds is 28. The second-order valence-electron chi connectivity index (χ2n) is 8.05. The highest BCUT2D eigenvalue weighted by atomic mass is 16.6. The third kappa shape index (κ3) is 21.1. The molecule has 0 radical (unpaired) electrons. The summed E-state index contributed by atoms with van der Waals surface area (Å²) in [5, 5.41) is 11.1. The van der Waals surface area contributed by atoms with Crippen molar-refractivity contribution in [2.24, 2.45) is 0 Å². The molecular formula is C25H42N2O12. The Morgan fingerprint density at radius 3 is 1.41 bits per heavy atom. The number of nitrogens with one attached hydrogen (secondary N) is 1. The highest BCUT2D eigenvalue weighted by Gasteiger charge is 2.22. The van der Waals surface area contributed by atoms with Gasteiger partial charge in [-0.05, 0) is 6.42 Å². The zero-order valence-electron chi connectivity index (χ0n) is 22.5. The van der Waals surface area contributed by atoms with Gasteiger partial charge in [0.05, 0.1) is 98.9 Å². The molecule has 1 aliphatic heterocycles. The number of amides is 3. The van der Waals surface area contributed by atoms with Crippen molar-refractivity contribution in [3.63, 3.8) is 0 Å². The zero-order chi connectivity index (χ0) is 28.4. The lowest BCUT2D eigenvalue weighted by molar-refractivity contribution is -0.139. The zero-order valence-corrected chi connectivity index (χ0v) is 22.5. The van der Waals surface area contributed by atoms with Crippen LogP contribution in [0.4, 0.5) is 0 Å². The largest absolute Gasteiger partial charge is 0.481 e. The van der Waals surface area contributed by atoms with Crippen molar-refractivity contribution in [1.82, 2.24) is 10.2 Å². The highest BCUT2D eigenvalue weighted by molar-refractivity contribution is 6.12. The first-order chi connectivity index (χ1) is 19.0. The fraction of sp³-hybridized carbons (Fsp3) is 0.760. The molecule has 224 valence electrons. The molecule has 0 unspecified atom stereocenters. The molecule has 1 aliphatic rings.